The molecule has 24 heavy (non-hydrogen) atoms. The van der Waals surface area contributed by atoms with E-state index in [1.165, 1.54) is 0 Å². The number of carbonyl (C=O) groups excluding carboxylic acids is 1. The molecule has 2 fully saturated rings. The number of amides is 1. The molecule has 1 aromatic carbocycles. The summed E-state index contributed by atoms with van der Waals surface area (Å²) in [5.41, 5.74) is 1.10. The molecule has 1 amide bonds. The lowest BCUT2D eigenvalue weighted by atomic mass is 9.71. The van der Waals surface area contributed by atoms with Crippen LogP contribution in [0.2, 0.25) is 10.0 Å². The number of likely N-dealkylation sites (tertiary alicyclic amines) is 2. The number of benzene rings is 1. The first-order chi connectivity index (χ1) is 11.4. The molecule has 0 saturated carbocycles. The van der Waals surface area contributed by atoms with E-state index in [1.807, 2.05) is 12.1 Å². The van der Waals surface area contributed by atoms with E-state index in [-0.39, 0.29) is 11.3 Å². The van der Waals surface area contributed by atoms with Crippen molar-refractivity contribution in [3.8, 4) is 0 Å². The quantitative estimate of drug-likeness (QED) is 0.869. The van der Waals surface area contributed by atoms with Gasteiger partial charge in [-0.05, 0) is 61.5 Å². The number of hydrogen-bond acceptors (Lipinski definition) is 3. The molecule has 0 radical (unpaired) electrons. The van der Waals surface area contributed by atoms with Crippen LogP contribution in [0.15, 0.2) is 18.2 Å². The largest absolute Gasteiger partial charge is 0.391 e. The Morgan fingerprint density at radius 3 is 2.71 bits per heavy atom. The van der Waals surface area contributed by atoms with Crippen molar-refractivity contribution < 1.29 is 9.90 Å². The lowest BCUT2D eigenvalue weighted by Crippen LogP contribution is -2.54. The van der Waals surface area contributed by atoms with Gasteiger partial charge < -0.3 is 10.0 Å². The zero-order valence-corrected chi connectivity index (χ0v) is 15.5. The minimum absolute atomic E-state index is 0.0535. The molecule has 6 heteroatoms. The van der Waals surface area contributed by atoms with E-state index in [4.69, 9.17) is 23.2 Å². The van der Waals surface area contributed by atoms with Gasteiger partial charge in [0.1, 0.15) is 0 Å². The summed E-state index contributed by atoms with van der Waals surface area (Å²) in [5.74, 6) is 0.0567. The Bertz CT molecular complexity index is 615. The average Bonchev–Trinajstić information content (AvgIpc) is 2.52. The van der Waals surface area contributed by atoms with Crippen LogP contribution in [0.1, 0.15) is 31.7 Å². The molecule has 2 saturated heterocycles. The van der Waals surface area contributed by atoms with Crippen LogP contribution in [-0.2, 0) is 11.3 Å². The SMILES string of the molecule is CC(=O)N1CC(O)CC2(CCN(Cc3cc(Cl)ccc3Cl)CC2)C1. The van der Waals surface area contributed by atoms with E-state index in [0.717, 1.165) is 56.0 Å². The summed E-state index contributed by atoms with van der Waals surface area (Å²) in [6, 6.07) is 5.57. The number of β-amino-alcohol motifs (C(OH)–C–C–N with tert-alkyl or cyclic N) is 1. The van der Waals surface area contributed by atoms with Gasteiger partial charge in [-0.3, -0.25) is 9.69 Å². The summed E-state index contributed by atoms with van der Waals surface area (Å²) in [7, 11) is 0. The highest BCUT2D eigenvalue weighted by Crippen LogP contribution is 2.40. The summed E-state index contributed by atoms with van der Waals surface area (Å²) < 4.78 is 0. The van der Waals surface area contributed by atoms with Crippen LogP contribution >= 0.6 is 23.2 Å². The van der Waals surface area contributed by atoms with Crippen molar-refractivity contribution in [3.63, 3.8) is 0 Å². The predicted molar refractivity (Wildman–Crippen MR) is 96.3 cm³/mol. The lowest BCUT2D eigenvalue weighted by molar-refractivity contribution is -0.138. The zero-order chi connectivity index (χ0) is 17.3. The number of hydrogen-bond donors (Lipinski definition) is 1. The third kappa shape index (κ3) is 4.05. The normalized spacial score (nSPS) is 24.3. The molecule has 0 aliphatic carbocycles. The second-order valence-electron chi connectivity index (χ2n) is 7.27. The molecule has 3 rings (SSSR count). The van der Waals surface area contributed by atoms with Crippen molar-refractivity contribution in [2.75, 3.05) is 26.2 Å². The van der Waals surface area contributed by atoms with E-state index >= 15 is 0 Å². The Labute approximate surface area is 153 Å². The monoisotopic (exact) mass is 370 g/mol. The number of nitrogens with zero attached hydrogens (tertiary/aromatic N) is 2. The first kappa shape index (κ1) is 18.0. The van der Waals surface area contributed by atoms with E-state index in [9.17, 15) is 9.90 Å². The molecule has 1 aromatic rings. The van der Waals surface area contributed by atoms with Crippen LogP contribution in [-0.4, -0.2) is 53.1 Å². The van der Waals surface area contributed by atoms with Crippen LogP contribution in [0.25, 0.3) is 0 Å². The van der Waals surface area contributed by atoms with E-state index in [2.05, 4.69) is 4.90 Å². The highest BCUT2D eigenvalue weighted by Gasteiger charge is 2.42. The molecule has 132 valence electrons. The summed E-state index contributed by atoms with van der Waals surface area (Å²) in [5, 5.41) is 11.6. The predicted octanol–water partition coefficient (Wildman–Crippen LogP) is 3.19. The summed E-state index contributed by atoms with van der Waals surface area (Å²) in [4.78, 5) is 15.9. The Morgan fingerprint density at radius 2 is 2.04 bits per heavy atom. The maximum atomic E-state index is 11.7. The molecule has 4 nitrogen and oxygen atoms in total. The van der Waals surface area contributed by atoms with Gasteiger partial charge in [-0.25, -0.2) is 0 Å². The lowest BCUT2D eigenvalue weighted by Gasteiger charge is -2.49. The minimum Gasteiger partial charge on any atom is -0.391 e. The van der Waals surface area contributed by atoms with E-state index in [1.54, 1.807) is 17.9 Å². The fourth-order valence-corrected chi connectivity index (χ4v) is 4.42. The van der Waals surface area contributed by atoms with E-state index in [0.29, 0.717) is 11.6 Å². The van der Waals surface area contributed by atoms with Gasteiger partial charge in [0.2, 0.25) is 5.91 Å². The van der Waals surface area contributed by atoms with Crippen molar-refractivity contribution in [2.45, 2.75) is 38.8 Å². The Balaban J connectivity index is 1.63. The average molecular weight is 371 g/mol. The topological polar surface area (TPSA) is 43.8 Å². The number of halogens is 2. The van der Waals surface area contributed by atoms with Crippen molar-refractivity contribution in [1.82, 2.24) is 9.80 Å². The summed E-state index contributed by atoms with van der Waals surface area (Å²) in [6.45, 7) is 5.50. The fraction of sp³-hybridized carbons (Fsp3) is 0.611. The van der Waals surface area contributed by atoms with Gasteiger partial charge in [-0.2, -0.15) is 0 Å². The third-order valence-corrected chi connectivity index (χ3v) is 5.99. The molecular formula is C18H24Cl2N2O2. The molecule has 2 aliphatic rings. The molecule has 1 N–H and O–H groups in total. The maximum Gasteiger partial charge on any atom is 0.219 e. The van der Waals surface area contributed by atoms with Crippen molar-refractivity contribution in [2.24, 2.45) is 5.41 Å². The number of rotatable bonds is 2. The van der Waals surface area contributed by atoms with Gasteiger partial charge in [0.05, 0.1) is 6.10 Å². The Morgan fingerprint density at radius 1 is 1.33 bits per heavy atom. The first-order valence-electron chi connectivity index (χ1n) is 8.47. The summed E-state index contributed by atoms with van der Waals surface area (Å²) >= 11 is 12.3. The molecule has 0 aromatic heterocycles. The number of piperidine rings is 2. The smallest absolute Gasteiger partial charge is 0.219 e. The second kappa shape index (κ2) is 7.20. The van der Waals surface area contributed by atoms with Crippen LogP contribution < -0.4 is 0 Å². The first-order valence-corrected chi connectivity index (χ1v) is 9.22. The highest BCUT2D eigenvalue weighted by atomic mass is 35.5. The van der Waals surface area contributed by atoms with Gasteiger partial charge >= 0.3 is 0 Å². The molecule has 0 bridgehead atoms. The fourth-order valence-electron chi connectivity index (χ4n) is 4.05. The standard InChI is InChI=1S/C18H24Cl2N2O2/c1-13(23)22-11-16(24)9-18(12-22)4-6-21(7-5-18)10-14-8-15(19)2-3-17(14)20/h2-3,8,16,24H,4-7,9-12H2,1H3. The van der Waals surface area contributed by atoms with Crippen LogP contribution in [0.4, 0.5) is 0 Å². The van der Waals surface area contributed by atoms with Crippen LogP contribution in [0, 0.1) is 5.41 Å². The van der Waals surface area contributed by atoms with Gasteiger partial charge in [0, 0.05) is 36.6 Å². The van der Waals surface area contributed by atoms with Gasteiger partial charge in [-0.15, -0.1) is 0 Å². The number of aliphatic hydroxyl groups is 1. The molecule has 2 aliphatic heterocycles. The minimum atomic E-state index is -0.406. The Kier molecular flexibility index (Phi) is 5.40. The number of carbonyl (C=O) groups is 1. The maximum absolute atomic E-state index is 11.7. The van der Waals surface area contributed by atoms with Crippen LogP contribution in [0.3, 0.4) is 0 Å². The number of aliphatic hydroxyl groups excluding tert-OH is 1. The zero-order valence-electron chi connectivity index (χ0n) is 14.0. The second-order valence-corrected chi connectivity index (χ2v) is 8.11. The van der Waals surface area contributed by atoms with Crippen LogP contribution in [0.5, 0.6) is 0 Å². The summed E-state index contributed by atoms with van der Waals surface area (Å²) in [6.07, 6.45) is 2.37. The highest BCUT2D eigenvalue weighted by molar-refractivity contribution is 6.33. The van der Waals surface area contributed by atoms with Gasteiger partial charge in [-0.1, -0.05) is 23.2 Å². The molecule has 1 atom stereocenters. The van der Waals surface area contributed by atoms with Gasteiger partial charge in [0.15, 0.2) is 0 Å². The molecule has 2 heterocycles. The van der Waals surface area contributed by atoms with Crippen molar-refractivity contribution in [1.29, 1.82) is 0 Å². The van der Waals surface area contributed by atoms with Crippen molar-refractivity contribution >= 4 is 29.1 Å². The molecular weight excluding hydrogens is 347 g/mol. The molecule has 1 unspecified atom stereocenters. The third-order valence-electron chi connectivity index (χ3n) is 5.39. The van der Waals surface area contributed by atoms with Crippen molar-refractivity contribution in [3.05, 3.63) is 33.8 Å². The van der Waals surface area contributed by atoms with E-state index < -0.39 is 6.10 Å². The Hall–Kier alpha value is -0.810. The van der Waals surface area contributed by atoms with Gasteiger partial charge in [0.25, 0.3) is 0 Å². The molecule has 1 spiro atoms.